The number of aliphatic hydroxyl groups is 1. The molecule has 12 heteroatoms. The van der Waals surface area contributed by atoms with Gasteiger partial charge in [0, 0.05) is 75.6 Å². The topological polar surface area (TPSA) is 139 Å². The Morgan fingerprint density at radius 3 is 2.29 bits per heavy atom. The number of anilines is 1. The zero-order valence-electron chi connectivity index (χ0n) is 30.6. The summed E-state index contributed by atoms with van der Waals surface area (Å²) in [7, 11) is 0. The van der Waals surface area contributed by atoms with Crippen LogP contribution < -0.4 is 10.9 Å². The Morgan fingerprint density at radius 1 is 0.885 bits per heavy atom. The fourth-order valence-electron chi connectivity index (χ4n) is 8.56. The second-order valence-electron chi connectivity index (χ2n) is 15.6. The molecule has 1 aromatic heterocycles. The molecule has 5 heterocycles. The standard InChI is InChI=1S/C40H52N6O6/c1-26-24-30(25-29-8-9-34(47)42-35(26)29)27(2)36(37(48)44-17-11-31(12-18-44)43-22-15-40(3,51)16-23-43)52-39(50)45-19-13-32(14-20-45)46-21-10-28-6-4-5-7-33(28)41-38(46)49/h4-9,24-25,27,31-32,36,51H,10-23H2,1-3H3,(H,41,49)(H,42,47)/t27-,36?/m1/s1. The lowest BCUT2D eigenvalue weighted by molar-refractivity contribution is -0.144. The first kappa shape index (κ1) is 36.0. The van der Waals surface area contributed by atoms with E-state index in [-0.39, 0.29) is 23.5 Å². The predicted molar refractivity (Wildman–Crippen MR) is 199 cm³/mol. The summed E-state index contributed by atoms with van der Waals surface area (Å²) in [5.74, 6) is -0.649. The van der Waals surface area contributed by atoms with Crippen LogP contribution in [-0.2, 0) is 16.0 Å². The number of aromatic nitrogens is 1. The van der Waals surface area contributed by atoms with Crippen LogP contribution in [0.5, 0.6) is 0 Å². The van der Waals surface area contributed by atoms with Crippen molar-refractivity contribution in [2.75, 3.05) is 51.1 Å². The van der Waals surface area contributed by atoms with Crippen molar-refractivity contribution in [2.45, 2.75) is 95.4 Å². The van der Waals surface area contributed by atoms with Gasteiger partial charge in [-0.15, -0.1) is 0 Å². The van der Waals surface area contributed by atoms with Crippen LogP contribution >= 0.6 is 0 Å². The molecule has 2 atom stereocenters. The summed E-state index contributed by atoms with van der Waals surface area (Å²) in [6.45, 7) is 10.1. The molecule has 4 amide bonds. The average Bonchev–Trinajstić information content (AvgIpc) is 3.31. The SMILES string of the molecule is Cc1cc([C@@H](C)C(OC(=O)N2CCC(N3CCc4ccccc4NC3=O)CC2)C(=O)N2CCC(N3CCC(C)(O)CC3)CC2)cc2ccc(=O)[nH]c12. The molecule has 278 valence electrons. The summed E-state index contributed by atoms with van der Waals surface area (Å²) in [6.07, 6.45) is 3.59. The Labute approximate surface area is 305 Å². The zero-order chi connectivity index (χ0) is 36.6. The largest absolute Gasteiger partial charge is 0.435 e. The highest BCUT2D eigenvalue weighted by molar-refractivity contribution is 5.91. The third-order valence-corrected chi connectivity index (χ3v) is 12.0. The summed E-state index contributed by atoms with van der Waals surface area (Å²) in [4.78, 5) is 64.2. The Hall–Kier alpha value is -4.42. The molecule has 4 aliphatic heterocycles. The number of ether oxygens (including phenoxy) is 1. The van der Waals surface area contributed by atoms with Gasteiger partial charge >= 0.3 is 12.1 Å². The number of benzene rings is 2. The fraction of sp³-hybridized carbons (Fsp3) is 0.550. The lowest BCUT2D eigenvalue weighted by Crippen LogP contribution is -2.54. The average molecular weight is 713 g/mol. The predicted octanol–water partition coefficient (Wildman–Crippen LogP) is 4.84. The number of carbonyl (C=O) groups excluding carboxylic acids is 3. The number of hydrogen-bond donors (Lipinski definition) is 3. The second kappa shape index (κ2) is 14.9. The number of fused-ring (bicyclic) bond motifs is 2. The highest BCUT2D eigenvalue weighted by Gasteiger charge is 2.39. The summed E-state index contributed by atoms with van der Waals surface area (Å²) in [6, 6.07) is 15.3. The molecule has 0 radical (unpaired) electrons. The number of pyridine rings is 1. The summed E-state index contributed by atoms with van der Waals surface area (Å²) in [5, 5.41) is 14.3. The number of H-pyrrole nitrogens is 1. The molecule has 3 fully saturated rings. The van der Waals surface area contributed by atoms with Crippen LogP contribution in [0.15, 0.2) is 53.3 Å². The maximum atomic E-state index is 14.4. The van der Waals surface area contributed by atoms with Gasteiger partial charge < -0.3 is 39.7 Å². The van der Waals surface area contributed by atoms with Crippen molar-refractivity contribution in [2.24, 2.45) is 0 Å². The number of para-hydroxylation sites is 1. The lowest BCUT2D eigenvalue weighted by Gasteiger charge is -2.44. The summed E-state index contributed by atoms with van der Waals surface area (Å²) in [5.41, 5.74) is 3.64. The number of likely N-dealkylation sites (tertiary alicyclic amines) is 3. The van der Waals surface area contributed by atoms with Gasteiger partial charge in [0.05, 0.1) is 11.1 Å². The summed E-state index contributed by atoms with van der Waals surface area (Å²) < 4.78 is 6.23. The lowest BCUT2D eigenvalue weighted by atomic mass is 9.90. The van der Waals surface area contributed by atoms with E-state index in [1.807, 2.05) is 67.0 Å². The second-order valence-corrected chi connectivity index (χ2v) is 15.6. The maximum Gasteiger partial charge on any atom is 0.410 e. The molecular weight excluding hydrogens is 660 g/mol. The monoisotopic (exact) mass is 712 g/mol. The number of aromatic amines is 1. The maximum absolute atomic E-state index is 14.4. The number of carbonyl (C=O) groups is 3. The van der Waals surface area contributed by atoms with E-state index in [9.17, 15) is 24.3 Å². The third kappa shape index (κ3) is 7.68. The minimum absolute atomic E-state index is 0.00550. The minimum Gasteiger partial charge on any atom is -0.435 e. The Morgan fingerprint density at radius 2 is 1.56 bits per heavy atom. The van der Waals surface area contributed by atoms with Crippen molar-refractivity contribution in [1.82, 2.24) is 24.6 Å². The van der Waals surface area contributed by atoms with E-state index in [1.165, 1.54) is 6.07 Å². The Kier molecular flexibility index (Phi) is 10.3. The minimum atomic E-state index is -1.04. The molecule has 4 aliphatic rings. The van der Waals surface area contributed by atoms with Crippen LogP contribution in [-0.4, -0.2) is 117 Å². The van der Waals surface area contributed by atoms with Gasteiger partial charge in [0.15, 0.2) is 6.10 Å². The number of amides is 4. The van der Waals surface area contributed by atoms with Gasteiger partial charge in [0.1, 0.15) is 0 Å². The molecule has 12 nitrogen and oxygen atoms in total. The molecular formula is C40H52N6O6. The van der Waals surface area contributed by atoms with E-state index in [2.05, 4.69) is 15.2 Å². The Balaban J connectivity index is 1.04. The van der Waals surface area contributed by atoms with Crippen LogP contribution in [0.3, 0.4) is 0 Å². The van der Waals surface area contributed by atoms with E-state index in [0.717, 1.165) is 78.5 Å². The normalized spacial score (nSPS) is 21.6. The molecule has 52 heavy (non-hydrogen) atoms. The van der Waals surface area contributed by atoms with Crippen molar-refractivity contribution in [3.8, 4) is 0 Å². The fourth-order valence-corrected chi connectivity index (χ4v) is 8.56. The molecule has 0 aliphatic carbocycles. The highest BCUT2D eigenvalue weighted by atomic mass is 16.6. The van der Waals surface area contributed by atoms with Crippen molar-refractivity contribution < 1.29 is 24.2 Å². The quantitative estimate of drug-likeness (QED) is 0.333. The van der Waals surface area contributed by atoms with Crippen molar-refractivity contribution >= 4 is 34.6 Å². The molecule has 7 rings (SSSR count). The molecule has 3 saturated heterocycles. The molecule has 3 aromatic rings. The molecule has 1 unspecified atom stereocenters. The first-order chi connectivity index (χ1) is 25.0. The van der Waals surface area contributed by atoms with Gasteiger partial charge in [-0.05, 0) is 99.1 Å². The van der Waals surface area contributed by atoms with E-state index in [4.69, 9.17) is 4.74 Å². The molecule has 3 N–H and O–H groups in total. The van der Waals surface area contributed by atoms with Crippen LogP contribution in [0, 0.1) is 6.92 Å². The first-order valence-electron chi connectivity index (χ1n) is 19.0. The van der Waals surface area contributed by atoms with Crippen molar-refractivity contribution in [1.29, 1.82) is 0 Å². The first-order valence-corrected chi connectivity index (χ1v) is 19.0. The Bertz CT molecular complexity index is 1850. The molecule has 0 saturated carbocycles. The van der Waals surface area contributed by atoms with Gasteiger partial charge in [-0.3, -0.25) is 9.59 Å². The van der Waals surface area contributed by atoms with Gasteiger partial charge in [0.25, 0.3) is 5.91 Å². The highest BCUT2D eigenvalue weighted by Crippen LogP contribution is 2.32. The van der Waals surface area contributed by atoms with E-state index in [1.54, 1.807) is 11.0 Å². The van der Waals surface area contributed by atoms with Crippen LogP contribution in [0.1, 0.15) is 75.0 Å². The van der Waals surface area contributed by atoms with Crippen molar-refractivity contribution in [3.63, 3.8) is 0 Å². The van der Waals surface area contributed by atoms with Crippen molar-refractivity contribution in [3.05, 3.63) is 75.6 Å². The zero-order valence-corrected chi connectivity index (χ0v) is 30.6. The van der Waals surface area contributed by atoms with Gasteiger partial charge in [-0.2, -0.15) is 0 Å². The van der Waals surface area contributed by atoms with Crippen LogP contribution in [0.4, 0.5) is 15.3 Å². The third-order valence-electron chi connectivity index (χ3n) is 12.0. The number of aryl methyl sites for hydroxylation is 1. The van der Waals surface area contributed by atoms with Crippen LogP contribution in [0.25, 0.3) is 10.9 Å². The molecule has 0 bridgehead atoms. The number of nitrogens with one attached hydrogen (secondary N) is 2. The smallest absolute Gasteiger partial charge is 0.410 e. The molecule has 0 spiro atoms. The number of piperidine rings is 3. The number of urea groups is 1. The number of hydrogen-bond acceptors (Lipinski definition) is 7. The van der Waals surface area contributed by atoms with E-state index < -0.39 is 23.7 Å². The number of rotatable bonds is 6. The van der Waals surface area contributed by atoms with E-state index in [0.29, 0.717) is 51.6 Å². The van der Waals surface area contributed by atoms with Crippen LogP contribution in [0.2, 0.25) is 0 Å². The molecule has 2 aromatic carbocycles. The van der Waals surface area contributed by atoms with Gasteiger partial charge in [-0.1, -0.05) is 31.2 Å². The van der Waals surface area contributed by atoms with E-state index >= 15 is 0 Å². The summed E-state index contributed by atoms with van der Waals surface area (Å²) >= 11 is 0. The van der Waals surface area contributed by atoms with Gasteiger partial charge in [0.2, 0.25) is 5.56 Å². The van der Waals surface area contributed by atoms with Gasteiger partial charge in [-0.25, -0.2) is 9.59 Å². The number of nitrogens with zero attached hydrogens (tertiary/aromatic N) is 4.